The number of fused-ring (bicyclic) bond motifs is 1. The molecule has 0 amide bonds. The number of nitrogens with zero attached hydrogens (tertiary/aromatic N) is 2. The molecule has 0 fully saturated rings. The summed E-state index contributed by atoms with van der Waals surface area (Å²) in [5, 5.41) is 0. The number of aromatic nitrogens is 2. The molecule has 2 aromatic heterocycles. The van der Waals surface area contributed by atoms with Gasteiger partial charge in [0.25, 0.3) is 0 Å². The number of benzene rings is 1. The fourth-order valence-corrected chi connectivity index (χ4v) is 3.03. The van der Waals surface area contributed by atoms with Crippen molar-refractivity contribution in [1.29, 1.82) is 0 Å². The van der Waals surface area contributed by atoms with Crippen LogP contribution in [0, 0.1) is 13.8 Å². The first kappa shape index (κ1) is 11.0. The number of imidazole rings is 1. The highest BCUT2D eigenvalue weighted by Gasteiger charge is 2.09. The summed E-state index contributed by atoms with van der Waals surface area (Å²) in [4.78, 5) is 7.06. The van der Waals surface area contributed by atoms with E-state index in [1.807, 2.05) is 12.1 Å². The summed E-state index contributed by atoms with van der Waals surface area (Å²) in [6.45, 7) is 4.26. The molecule has 0 spiro atoms. The van der Waals surface area contributed by atoms with Crippen molar-refractivity contribution < 1.29 is 0 Å². The molecule has 3 rings (SSSR count). The van der Waals surface area contributed by atoms with E-state index in [1.54, 1.807) is 11.3 Å². The molecule has 3 aromatic rings. The van der Waals surface area contributed by atoms with Crippen LogP contribution in [0.2, 0.25) is 0 Å². The van der Waals surface area contributed by atoms with Crippen LogP contribution in [-0.2, 0) is 0 Å². The lowest BCUT2D eigenvalue weighted by Gasteiger charge is -1.96. The van der Waals surface area contributed by atoms with Crippen LogP contribution in [0.5, 0.6) is 0 Å². The molecular weight excluding hydrogens is 296 g/mol. The maximum Gasteiger partial charge on any atom is 0.194 e. The van der Waals surface area contributed by atoms with E-state index in [2.05, 4.69) is 57.5 Å². The van der Waals surface area contributed by atoms with E-state index >= 15 is 0 Å². The number of hydrogen-bond donors (Lipinski definition) is 0. The van der Waals surface area contributed by atoms with Crippen LogP contribution in [0.25, 0.3) is 16.2 Å². The normalized spacial score (nSPS) is 11.2. The topological polar surface area (TPSA) is 17.3 Å². The summed E-state index contributed by atoms with van der Waals surface area (Å²) < 4.78 is 3.26. The first-order chi connectivity index (χ1) is 8.15. The van der Waals surface area contributed by atoms with Gasteiger partial charge in [-0.15, -0.1) is 11.3 Å². The van der Waals surface area contributed by atoms with E-state index in [0.29, 0.717) is 0 Å². The number of rotatable bonds is 1. The fourth-order valence-electron chi connectivity index (χ4n) is 1.82. The molecule has 0 saturated heterocycles. The number of hydrogen-bond acceptors (Lipinski definition) is 2. The molecule has 0 N–H and O–H groups in total. The Morgan fingerprint density at radius 2 is 1.88 bits per heavy atom. The van der Waals surface area contributed by atoms with Crippen molar-refractivity contribution in [3.8, 4) is 11.3 Å². The van der Waals surface area contributed by atoms with Crippen LogP contribution in [0.3, 0.4) is 0 Å². The van der Waals surface area contributed by atoms with Crippen LogP contribution < -0.4 is 0 Å². The third kappa shape index (κ3) is 1.81. The molecule has 0 bridgehead atoms. The van der Waals surface area contributed by atoms with Crippen molar-refractivity contribution in [2.24, 2.45) is 0 Å². The van der Waals surface area contributed by atoms with Gasteiger partial charge in [-0.25, -0.2) is 4.98 Å². The first-order valence-corrected chi connectivity index (χ1v) is 6.97. The molecule has 0 aliphatic heterocycles. The molecule has 2 nitrogen and oxygen atoms in total. The molecule has 0 radical (unpaired) electrons. The van der Waals surface area contributed by atoms with E-state index in [1.165, 1.54) is 10.6 Å². The van der Waals surface area contributed by atoms with Gasteiger partial charge in [0.2, 0.25) is 0 Å². The van der Waals surface area contributed by atoms with Gasteiger partial charge in [-0.1, -0.05) is 28.1 Å². The van der Waals surface area contributed by atoms with Crippen molar-refractivity contribution >= 4 is 32.2 Å². The van der Waals surface area contributed by atoms with Crippen molar-refractivity contribution in [1.82, 2.24) is 9.38 Å². The Hall–Kier alpha value is -1.13. The highest BCUT2D eigenvalue weighted by molar-refractivity contribution is 9.10. The highest BCUT2D eigenvalue weighted by Crippen LogP contribution is 2.27. The summed E-state index contributed by atoms with van der Waals surface area (Å²) in [6, 6.07) is 8.25. The van der Waals surface area contributed by atoms with Crippen molar-refractivity contribution in [3.63, 3.8) is 0 Å². The van der Waals surface area contributed by atoms with E-state index in [-0.39, 0.29) is 0 Å². The third-order valence-corrected chi connectivity index (χ3v) is 4.53. The molecular formula is C13H11BrN2S. The summed E-state index contributed by atoms with van der Waals surface area (Å²) in [5.74, 6) is 0. The zero-order chi connectivity index (χ0) is 12.0. The van der Waals surface area contributed by atoms with Gasteiger partial charge in [0.15, 0.2) is 4.96 Å². The minimum atomic E-state index is 1.03. The van der Waals surface area contributed by atoms with Crippen LogP contribution in [0.1, 0.15) is 10.6 Å². The lowest BCUT2D eigenvalue weighted by Crippen LogP contribution is -1.81. The Bertz CT molecular complexity index is 679. The highest BCUT2D eigenvalue weighted by atomic mass is 79.9. The minimum absolute atomic E-state index is 1.03. The lowest BCUT2D eigenvalue weighted by molar-refractivity contribution is 1.11. The molecule has 0 aliphatic carbocycles. The maximum absolute atomic E-state index is 4.66. The molecule has 1 aromatic carbocycles. The van der Waals surface area contributed by atoms with Crippen LogP contribution in [-0.4, -0.2) is 9.38 Å². The zero-order valence-corrected chi connectivity index (χ0v) is 12.0. The summed E-state index contributed by atoms with van der Waals surface area (Å²) in [5.41, 5.74) is 3.47. The monoisotopic (exact) mass is 306 g/mol. The quantitative estimate of drug-likeness (QED) is 0.649. The molecule has 0 saturated carbocycles. The number of aryl methyl sites for hydroxylation is 2. The van der Waals surface area contributed by atoms with Crippen LogP contribution in [0.15, 0.2) is 34.9 Å². The Morgan fingerprint density at radius 3 is 2.53 bits per heavy atom. The second kappa shape index (κ2) is 3.96. The van der Waals surface area contributed by atoms with Gasteiger partial charge in [-0.3, -0.25) is 4.40 Å². The lowest BCUT2D eigenvalue weighted by atomic mass is 10.2. The molecule has 86 valence electrons. The minimum Gasteiger partial charge on any atom is -0.294 e. The van der Waals surface area contributed by atoms with E-state index in [9.17, 15) is 0 Å². The van der Waals surface area contributed by atoms with Gasteiger partial charge in [-0.05, 0) is 26.0 Å². The molecule has 2 heterocycles. The Kier molecular flexibility index (Phi) is 2.56. The number of halogens is 1. The predicted octanol–water partition coefficient (Wildman–Crippen LogP) is 4.44. The average molecular weight is 307 g/mol. The van der Waals surface area contributed by atoms with E-state index in [4.69, 9.17) is 0 Å². The van der Waals surface area contributed by atoms with Gasteiger partial charge < -0.3 is 0 Å². The van der Waals surface area contributed by atoms with E-state index in [0.717, 1.165) is 20.7 Å². The molecule has 0 atom stereocenters. The van der Waals surface area contributed by atoms with Gasteiger partial charge in [0.05, 0.1) is 5.69 Å². The predicted molar refractivity (Wildman–Crippen MR) is 75.7 cm³/mol. The van der Waals surface area contributed by atoms with Crippen molar-refractivity contribution in [3.05, 3.63) is 45.5 Å². The van der Waals surface area contributed by atoms with Gasteiger partial charge in [-0.2, -0.15) is 0 Å². The molecule has 17 heavy (non-hydrogen) atoms. The van der Waals surface area contributed by atoms with Crippen LogP contribution >= 0.6 is 27.3 Å². The molecule has 0 aliphatic rings. The van der Waals surface area contributed by atoms with E-state index < -0.39 is 0 Å². The SMILES string of the molecule is Cc1sc2nc(-c3ccc(Br)cc3)cn2c1C. The van der Waals surface area contributed by atoms with Crippen LogP contribution in [0.4, 0.5) is 0 Å². The second-order valence-corrected chi connectivity index (χ2v) is 6.13. The van der Waals surface area contributed by atoms with Gasteiger partial charge >= 0.3 is 0 Å². The van der Waals surface area contributed by atoms with Gasteiger partial charge in [0.1, 0.15) is 0 Å². The Balaban J connectivity index is 2.15. The van der Waals surface area contributed by atoms with Gasteiger partial charge in [0, 0.05) is 26.8 Å². The largest absolute Gasteiger partial charge is 0.294 e. The number of thiazole rings is 1. The van der Waals surface area contributed by atoms with Crippen molar-refractivity contribution in [2.45, 2.75) is 13.8 Å². The molecule has 0 unspecified atom stereocenters. The average Bonchev–Trinajstić information content (AvgIpc) is 2.82. The zero-order valence-electron chi connectivity index (χ0n) is 9.57. The molecule has 4 heteroatoms. The third-order valence-electron chi connectivity index (χ3n) is 2.93. The summed E-state index contributed by atoms with van der Waals surface area (Å²) in [6.07, 6.45) is 2.11. The first-order valence-electron chi connectivity index (χ1n) is 5.36. The smallest absolute Gasteiger partial charge is 0.194 e. The fraction of sp³-hybridized carbons (Fsp3) is 0.154. The van der Waals surface area contributed by atoms with Crippen molar-refractivity contribution in [2.75, 3.05) is 0 Å². The maximum atomic E-state index is 4.66. The second-order valence-electron chi connectivity index (χ2n) is 4.03. The summed E-state index contributed by atoms with van der Waals surface area (Å²) in [7, 11) is 0. The standard InChI is InChI=1S/C13H11BrN2S/c1-8-9(2)17-13-15-12(7-16(8)13)10-3-5-11(14)6-4-10/h3-7H,1-2H3. The Labute approximate surface area is 112 Å². The Morgan fingerprint density at radius 1 is 1.18 bits per heavy atom. The summed E-state index contributed by atoms with van der Waals surface area (Å²) >= 11 is 5.18.